The smallest absolute Gasteiger partial charge is 0.119 e. The van der Waals surface area contributed by atoms with Gasteiger partial charge in [-0.05, 0) is 187 Å². The molecule has 12 rings (SSSR count). The Morgan fingerprint density at radius 1 is 0.286 bits per heavy atom. The van der Waals surface area contributed by atoms with Crippen LogP contribution >= 0.6 is 0 Å². The Balaban J connectivity index is 0.00000174. The van der Waals surface area contributed by atoms with Gasteiger partial charge in [0.05, 0.1) is 68.6 Å². The third-order valence-electron chi connectivity index (χ3n) is 13.4. The zero-order chi connectivity index (χ0) is 48.0. The van der Waals surface area contributed by atoms with Crippen LogP contribution in [-0.2, 0) is 0 Å². The summed E-state index contributed by atoms with van der Waals surface area (Å²) in [5.41, 5.74) is 14.4. The summed E-state index contributed by atoms with van der Waals surface area (Å²) < 4.78 is 35.0. The molecule has 0 unspecified atom stereocenters. The summed E-state index contributed by atoms with van der Waals surface area (Å²) in [6.45, 7) is 5.25. The van der Waals surface area contributed by atoms with E-state index in [1.54, 1.807) is 41.6 Å². The van der Waals surface area contributed by atoms with Crippen LogP contribution in [0.15, 0.2) is 195 Å². The summed E-state index contributed by atoms with van der Waals surface area (Å²) in [7, 11) is 8.53. The number of aromatic nitrogens is 3. The molecule has 0 aliphatic carbocycles. The summed E-state index contributed by atoms with van der Waals surface area (Å²) in [6, 6.07) is 64.6. The van der Waals surface area contributed by atoms with E-state index in [2.05, 4.69) is 154 Å². The lowest BCUT2D eigenvalue weighted by Gasteiger charge is -2.10. The SMILES string of the molecule is C=CC.COc1ccc(-n2c3ccc(OC)cc3c3cc(-c4ccc5c(c4)c4cc(-c6ccc7c(c6)c6cc(OC)ccc6n7-c6ccc(OC)cc6)ccc4n5-c4ccc(OC)cc4)ccc32)cc1. The van der Waals surface area contributed by atoms with Gasteiger partial charge in [0, 0.05) is 49.4 Å². The molecule has 3 aromatic heterocycles. The maximum Gasteiger partial charge on any atom is 0.119 e. The highest BCUT2D eigenvalue weighted by molar-refractivity contribution is 6.15. The first kappa shape index (κ1) is 43.7. The van der Waals surface area contributed by atoms with Gasteiger partial charge in [0.25, 0.3) is 0 Å². The molecule has 0 spiro atoms. The first-order chi connectivity index (χ1) is 34.4. The van der Waals surface area contributed by atoms with Gasteiger partial charge in [0.15, 0.2) is 0 Å². The van der Waals surface area contributed by atoms with Crippen molar-refractivity contribution in [3.63, 3.8) is 0 Å². The predicted octanol–water partition coefficient (Wildman–Crippen LogP) is 15.5. The topological polar surface area (TPSA) is 60.9 Å². The molecule has 9 aromatic carbocycles. The van der Waals surface area contributed by atoms with Crippen LogP contribution in [0.4, 0.5) is 0 Å². The molecule has 12 aromatic rings. The number of ether oxygens (including phenoxy) is 5. The summed E-state index contributed by atoms with van der Waals surface area (Å²) in [6.07, 6.45) is 1.75. The second kappa shape index (κ2) is 18.0. The quantitative estimate of drug-likeness (QED) is 0.128. The first-order valence-corrected chi connectivity index (χ1v) is 23.2. The number of fused-ring (bicyclic) bond motifs is 9. The summed E-state index contributed by atoms with van der Waals surface area (Å²) >= 11 is 0. The highest BCUT2D eigenvalue weighted by atomic mass is 16.5. The number of hydrogen-bond acceptors (Lipinski definition) is 5. The number of rotatable bonds is 10. The van der Waals surface area contributed by atoms with E-state index in [0.29, 0.717) is 0 Å². The van der Waals surface area contributed by atoms with Gasteiger partial charge in [0.1, 0.15) is 28.7 Å². The molecule has 0 aliphatic heterocycles. The van der Waals surface area contributed by atoms with E-state index in [4.69, 9.17) is 23.7 Å². The van der Waals surface area contributed by atoms with Gasteiger partial charge in [-0.1, -0.05) is 30.3 Å². The van der Waals surface area contributed by atoms with Crippen molar-refractivity contribution in [1.29, 1.82) is 0 Å². The van der Waals surface area contributed by atoms with E-state index in [-0.39, 0.29) is 0 Å². The second-order valence-electron chi connectivity index (χ2n) is 17.2. The molecule has 0 atom stereocenters. The molecular weight excluding hydrogens is 867 g/mol. The van der Waals surface area contributed by atoms with Crippen molar-refractivity contribution < 1.29 is 23.7 Å². The zero-order valence-corrected chi connectivity index (χ0v) is 40.0. The van der Waals surface area contributed by atoms with E-state index in [1.165, 1.54) is 0 Å². The average molecular weight is 918 g/mol. The molecule has 0 fully saturated rings. The number of hydrogen-bond donors (Lipinski definition) is 0. The summed E-state index contributed by atoms with van der Waals surface area (Å²) in [5, 5.41) is 6.86. The van der Waals surface area contributed by atoms with Crippen LogP contribution in [0.25, 0.3) is 105 Å². The third kappa shape index (κ3) is 7.32. The van der Waals surface area contributed by atoms with E-state index >= 15 is 0 Å². The Hall–Kier alpha value is -8.88. The second-order valence-corrected chi connectivity index (χ2v) is 17.2. The molecule has 0 bridgehead atoms. The highest BCUT2D eigenvalue weighted by Gasteiger charge is 2.19. The predicted molar refractivity (Wildman–Crippen MR) is 289 cm³/mol. The minimum Gasteiger partial charge on any atom is -0.497 e. The van der Waals surface area contributed by atoms with Gasteiger partial charge in [-0.2, -0.15) is 0 Å². The zero-order valence-electron chi connectivity index (χ0n) is 40.0. The Labute approximate surface area is 406 Å². The monoisotopic (exact) mass is 917 g/mol. The molecule has 0 N–H and O–H groups in total. The number of methoxy groups -OCH3 is 5. The van der Waals surface area contributed by atoms with Crippen LogP contribution < -0.4 is 23.7 Å². The molecular formula is C62H51N3O5. The molecule has 0 aliphatic rings. The summed E-state index contributed by atoms with van der Waals surface area (Å²) in [4.78, 5) is 0. The molecule has 0 saturated heterocycles. The minimum absolute atomic E-state index is 0.816. The van der Waals surface area contributed by atoms with Gasteiger partial charge in [0.2, 0.25) is 0 Å². The van der Waals surface area contributed by atoms with E-state index in [0.717, 1.165) is 133 Å². The van der Waals surface area contributed by atoms with Crippen molar-refractivity contribution in [2.75, 3.05) is 35.5 Å². The van der Waals surface area contributed by atoms with Gasteiger partial charge in [-0.3, -0.25) is 0 Å². The van der Waals surface area contributed by atoms with E-state index < -0.39 is 0 Å². The van der Waals surface area contributed by atoms with Crippen molar-refractivity contribution in [3.05, 3.63) is 195 Å². The minimum atomic E-state index is 0.816. The Bertz CT molecular complexity index is 3700. The van der Waals surface area contributed by atoms with Crippen molar-refractivity contribution in [1.82, 2.24) is 13.7 Å². The standard InChI is InChI=1S/C59H45N3O5.C3H6/c1-63-43-16-10-40(11-17-43)60-54-24-6-36(38-8-26-56-50(32-38)52-34-46(66-4)22-28-58(52)61(56)41-12-18-44(64-2)19-13-41)30-48(54)49-31-37(7-25-55(49)60)39-9-27-57-51(33-39)53-35-47(67-5)23-29-59(53)62(57)42-14-20-45(65-3)21-15-42;1-3-2/h6-35H,1-5H3;3H,1H2,2H3. The Kier molecular flexibility index (Phi) is 11.2. The van der Waals surface area contributed by atoms with Crippen molar-refractivity contribution >= 4 is 65.4 Å². The Morgan fingerprint density at radius 2 is 0.486 bits per heavy atom. The fourth-order valence-corrected chi connectivity index (χ4v) is 10.0. The van der Waals surface area contributed by atoms with Crippen LogP contribution in [0.2, 0.25) is 0 Å². The molecule has 70 heavy (non-hydrogen) atoms. The van der Waals surface area contributed by atoms with Crippen molar-refractivity contribution in [2.24, 2.45) is 0 Å². The fraction of sp³-hybridized carbons (Fsp3) is 0.0968. The highest BCUT2D eigenvalue weighted by Crippen LogP contribution is 2.42. The molecule has 0 radical (unpaired) electrons. The average Bonchev–Trinajstić information content (AvgIpc) is 4.05. The first-order valence-electron chi connectivity index (χ1n) is 23.2. The van der Waals surface area contributed by atoms with Crippen LogP contribution in [0.5, 0.6) is 28.7 Å². The normalized spacial score (nSPS) is 11.3. The van der Waals surface area contributed by atoms with Crippen LogP contribution in [-0.4, -0.2) is 49.3 Å². The van der Waals surface area contributed by atoms with E-state index in [9.17, 15) is 0 Å². The molecule has 0 saturated carbocycles. The van der Waals surface area contributed by atoms with Gasteiger partial charge < -0.3 is 37.4 Å². The van der Waals surface area contributed by atoms with E-state index in [1.807, 2.05) is 55.5 Å². The number of nitrogens with zero attached hydrogens (tertiary/aromatic N) is 3. The van der Waals surface area contributed by atoms with Crippen molar-refractivity contribution in [3.8, 4) is 68.1 Å². The van der Waals surface area contributed by atoms with Crippen LogP contribution in [0.1, 0.15) is 6.92 Å². The number of allylic oxidation sites excluding steroid dienone is 1. The molecule has 344 valence electrons. The van der Waals surface area contributed by atoms with Crippen LogP contribution in [0.3, 0.4) is 0 Å². The van der Waals surface area contributed by atoms with Gasteiger partial charge >= 0.3 is 0 Å². The lowest BCUT2D eigenvalue weighted by molar-refractivity contribution is 0.414. The maximum atomic E-state index is 5.74. The fourth-order valence-electron chi connectivity index (χ4n) is 10.0. The summed E-state index contributed by atoms with van der Waals surface area (Å²) in [5.74, 6) is 4.09. The largest absolute Gasteiger partial charge is 0.497 e. The van der Waals surface area contributed by atoms with Gasteiger partial charge in [-0.15, -0.1) is 6.58 Å². The molecule has 8 nitrogen and oxygen atoms in total. The van der Waals surface area contributed by atoms with Crippen molar-refractivity contribution in [2.45, 2.75) is 6.92 Å². The molecule has 3 heterocycles. The number of benzene rings is 9. The third-order valence-corrected chi connectivity index (χ3v) is 13.4. The molecule has 8 heteroatoms. The van der Waals surface area contributed by atoms with Crippen LogP contribution in [0, 0.1) is 0 Å². The lowest BCUT2D eigenvalue weighted by atomic mass is 9.98. The maximum absolute atomic E-state index is 5.74. The Morgan fingerprint density at radius 3 is 0.714 bits per heavy atom. The molecule has 0 amide bonds. The van der Waals surface area contributed by atoms with Gasteiger partial charge in [-0.25, -0.2) is 0 Å². The lowest BCUT2D eigenvalue weighted by Crippen LogP contribution is -1.94.